The smallest absolute Gasteiger partial charge is 0.181 e. The first-order valence-corrected chi connectivity index (χ1v) is 6.88. The van der Waals surface area contributed by atoms with Crippen molar-refractivity contribution in [2.75, 3.05) is 0 Å². The highest BCUT2D eigenvalue weighted by Gasteiger charge is 2.06. The first-order valence-electron chi connectivity index (χ1n) is 6.07. The van der Waals surface area contributed by atoms with E-state index in [1.165, 1.54) is 6.33 Å². The Kier molecular flexibility index (Phi) is 2.60. The lowest BCUT2D eigenvalue weighted by Crippen LogP contribution is -1.80. The maximum atomic E-state index is 4.43. The molecule has 0 saturated carbocycles. The van der Waals surface area contributed by atoms with Crippen LogP contribution in [0.1, 0.15) is 0 Å². The molecule has 4 rings (SSSR count). The number of nitrogens with zero attached hydrogens (tertiary/aromatic N) is 4. The molecule has 4 aromatic rings. The molecule has 6 heteroatoms. The summed E-state index contributed by atoms with van der Waals surface area (Å²) in [6.07, 6.45) is 5.02. The van der Waals surface area contributed by atoms with Crippen molar-refractivity contribution in [1.29, 1.82) is 0 Å². The van der Waals surface area contributed by atoms with Crippen molar-refractivity contribution in [2.45, 2.75) is 10.1 Å². The number of aromatic nitrogens is 5. The summed E-state index contributed by atoms with van der Waals surface area (Å²) < 4.78 is 0. The van der Waals surface area contributed by atoms with Gasteiger partial charge in [-0.15, -0.1) is 0 Å². The van der Waals surface area contributed by atoms with Gasteiger partial charge in [-0.25, -0.2) is 15.0 Å². The number of hydrogen-bond acceptors (Lipinski definition) is 5. The average Bonchev–Trinajstić information content (AvgIpc) is 2.89. The number of benzene rings is 1. The number of pyridine rings is 1. The molecule has 0 aliphatic rings. The molecule has 96 valence electrons. The highest BCUT2D eigenvalue weighted by atomic mass is 32.2. The zero-order chi connectivity index (χ0) is 13.4. The van der Waals surface area contributed by atoms with E-state index in [9.17, 15) is 0 Å². The Hall–Kier alpha value is -2.47. The summed E-state index contributed by atoms with van der Waals surface area (Å²) in [6, 6.07) is 10.1. The van der Waals surface area contributed by atoms with Gasteiger partial charge in [0.15, 0.2) is 10.8 Å². The Morgan fingerprint density at radius 2 is 2.10 bits per heavy atom. The van der Waals surface area contributed by atoms with Crippen LogP contribution in [0.5, 0.6) is 0 Å². The molecule has 0 fully saturated rings. The predicted octanol–water partition coefficient (Wildman–Crippen LogP) is 3.05. The lowest BCUT2D eigenvalue weighted by Gasteiger charge is -2.00. The summed E-state index contributed by atoms with van der Waals surface area (Å²) >= 11 is 1.57. The normalized spacial score (nSPS) is 11.2. The Balaban J connectivity index is 1.72. The number of hydrogen-bond donors (Lipinski definition) is 1. The van der Waals surface area contributed by atoms with Crippen LogP contribution in [0.4, 0.5) is 0 Å². The van der Waals surface area contributed by atoms with Gasteiger partial charge in [0.2, 0.25) is 0 Å². The lowest BCUT2D eigenvalue weighted by molar-refractivity contribution is 1.07. The first kappa shape index (κ1) is 11.4. The second-order valence-electron chi connectivity index (χ2n) is 4.26. The fourth-order valence-corrected chi connectivity index (χ4v) is 2.86. The molecule has 3 aromatic heterocycles. The standard InChI is InChI=1S/C14H9N5S/c1-2-9-6-10(3-4-11(9)16-5-1)20-14-18-12-7-15-8-17-13(12)19-14/h1-8H,(H,15,17,18,19). The highest BCUT2D eigenvalue weighted by Crippen LogP contribution is 2.28. The highest BCUT2D eigenvalue weighted by molar-refractivity contribution is 7.99. The summed E-state index contributed by atoms with van der Waals surface area (Å²) in [6.45, 7) is 0. The van der Waals surface area contributed by atoms with E-state index in [1.54, 1.807) is 24.2 Å². The fraction of sp³-hybridized carbons (Fsp3) is 0. The molecule has 1 N–H and O–H groups in total. The minimum Gasteiger partial charge on any atom is -0.330 e. The maximum absolute atomic E-state index is 4.43. The van der Waals surface area contributed by atoms with Gasteiger partial charge in [-0.2, -0.15) is 0 Å². The van der Waals surface area contributed by atoms with Gasteiger partial charge in [-0.1, -0.05) is 17.8 Å². The largest absolute Gasteiger partial charge is 0.330 e. The van der Waals surface area contributed by atoms with E-state index in [-0.39, 0.29) is 0 Å². The van der Waals surface area contributed by atoms with Gasteiger partial charge in [0.1, 0.15) is 11.8 Å². The maximum Gasteiger partial charge on any atom is 0.181 e. The van der Waals surface area contributed by atoms with E-state index in [1.807, 2.05) is 18.2 Å². The van der Waals surface area contributed by atoms with Gasteiger partial charge in [-0.05, 0) is 24.3 Å². The Morgan fingerprint density at radius 1 is 1.10 bits per heavy atom. The summed E-state index contributed by atoms with van der Waals surface area (Å²) in [7, 11) is 0. The van der Waals surface area contributed by atoms with Gasteiger partial charge < -0.3 is 4.98 Å². The van der Waals surface area contributed by atoms with Crippen molar-refractivity contribution in [3.63, 3.8) is 0 Å². The Labute approximate surface area is 118 Å². The zero-order valence-corrected chi connectivity index (χ0v) is 11.1. The third-order valence-electron chi connectivity index (χ3n) is 2.93. The van der Waals surface area contributed by atoms with Crippen LogP contribution in [0, 0.1) is 0 Å². The van der Waals surface area contributed by atoms with Crippen molar-refractivity contribution in [1.82, 2.24) is 24.9 Å². The van der Waals surface area contributed by atoms with Crippen LogP contribution in [-0.4, -0.2) is 24.9 Å². The summed E-state index contributed by atoms with van der Waals surface area (Å²) in [5.74, 6) is 0. The molecular formula is C14H9N5S. The number of aromatic amines is 1. The van der Waals surface area contributed by atoms with E-state index in [0.717, 1.165) is 26.5 Å². The molecule has 1 aromatic carbocycles. The Bertz CT molecular complexity index is 869. The quantitative estimate of drug-likeness (QED) is 0.611. The van der Waals surface area contributed by atoms with E-state index in [0.29, 0.717) is 5.65 Å². The molecular weight excluding hydrogens is 270 g/mol. The molecule has 0 aliphatic heterocycles. The van der Waals surface area contributed by atoms with Gasteiger partial charge in [0.25, 0.3) is 0 Å². The number of H-pyrrole nitrogens is 1. The lowest BCUT2D eigenvalue weighted by atomic mass is 10.2. The summed E-state index contributed by atoms with van der Waals surface area (Å²) in [5, 5.41) is 1.93. The second-order valence-corrected chi connectivity index (χ2v) is 5.32. The van der Waals surface area contributed by atoms with Crippen LogP contribution in [0.15, 0.2) is 59.1 Å². The predicted molar refractivity (Wildman–Crippen MR) is 77.5 cm³/mol. The van der Waals surface area contributed by atoms with Gasteiger partial charge in [0.05, 0.1) is 11.7 Å². The molecule has 0 bridgehead atoms. The van der Waals surface area contributed by atoms with Crippen molar-refractivity contribution < 1.29 is 0 Å². The molecule has 0 spiro atoms. The molecule has 0 unspecified atom stereocenters. The molecule has 0 aliphatic carbocycles. The minimum atomic E-state index is 0.685. The zero-order valence-electron chi connectivity index (χ0n) is 10.3. The van der Waals surface area contributed by atoms with Crippen LogP contribution in [0.2, 0.25) is 0 Å². The van der Waals surface area contributed by atoms with Gasteiger partial charge >= 0.3 is 0 Å². The first-order chi connectivity index (χ1) is 9.88. The van der Waals surface area contributed by atoms with Crippen molar-refractivity contribution >= 4 is 33.8 Å². The molecule has 0 saturated heterocycles. The van der Waals surface area contributed by atoms with Crippen molar-refractivity contribution in [3.05, 3.63) is 49.1 Å². The van der Waals surface area contributed by atoms with Crippen LogP contribution < -0.4 is 0 Å². The van der Waals surface area contributed by atoms with E-state index >= 15 is 0 Å². The monoisotopic (exact) mass is 279 g/mol. The SMILES string of the molecule is c1cnc2ccc(Sc3nc4ncncc4[nH]3)cc2c1. The van der Waals surface area contributed by atoms with Gasteiger partial charge in [0, 0.05) is 16.5 Å². The van der Waals surface area contributed by atoms with E-state index in [4.69, 9.17) is 0 Å². The molecule has 20 heavy (non-hydrogen) atoms. The molecule has 0 atom stereocenters. The second kappa shape index (κ2) is 4.57. The van der Waals surface area contributed by atoms with Crippen LogP contribution in [0.3, 0.4) is 0 Å². The molecule has 0 amide bonds. The third-order valence-corrected chi connectivity index (χ3v) is 3.81. The van der Waals surface area contributed by atoms with E-state index in [2.05, 4.69) is 37.1 Å². The Morgan fingerprint density at radius 3 is 3.05 bits per heavy atom. The number of nitrogens with one attached hydrogen (secondary N) is 1. The fourth-order valence-electron chi connectivity index (χ4n) is 2.02. The van der Waals surface area contributed by atoms with Crippen molar-refractivity contribution in [2.24, 2.45) is 0 Å². The summed E-state index contributed by atoms with van der Waals surface area (Å²) in [4.78, 5) is 21.1. The number of imidazole rings is 1. The number of fused-ring (bicyclic) bond motifs is 2. The van der Waals surface area contributed by atoms with E-state index < -0.39 is 0 Å². The molecule has 3 heterocycles. The topological polar surface area (TPSA) is 67.3 Å². The van der Waals surface area contributed by atoms with Crippen LogP contribution in [0.25, 0.3) is 22.1 Å². The molecule has 5 nitrogen and oxygen atoms in total. The van der Waals surface area contributed by atoms with Crippen LogP contribution >= 0.6 is 11.8 Å². The van der Waals surface area contributed by atoms with Crippen molar-refractivity contribution in [3.8, 4) is 0 Å². The minimum absolute atomic E-state index is 0.685. The average molecular weight is 279 g/mol. The third kappa shape index (κ3) is 2.00. The summed E-state index contributed by atoms with van der Waals surface area (Å²) in [5.41, 5.74) is 2.52. The molecule has 0 radical (unpaired) electrons. The van der Waals surface area contributed by atoms with Crippen LogP contribution in [-0.2, 0) is 0 Å². The number of rotatable bonds is 2. The van der Waals surface area contributed by atoms with Gasteiger partial charge in [-0.3, -0.25) is 4.98 Å².